The van der Waals surface area contributed by atoms with E-state index in [1.165, 1.54) is 0 Å². The van der Waals surface area contributed by atoms with E-state index in [1.807, 2.05) is 66.7 Å². The Morgan fingerprint density at radius 1 is 1.19 bits per heavy atom. The summed E-state index contributed by atoms with van der Waals surface area (Å²) in [7, 11) is 0. The van der Waals surface area contributed by atoms with Crippen LogP contribution in [-0.4, -0.2) is 20.8 Å². The van der Waals surface area contributed by atoms with Crippen LogP contribution in [0.25, 0.3) is 0 Å². The number of aromatic nitrogens is 1. The molecule has 1 aromatic heterocycles. The highest BCUT2D eigenvalue weighted by Gasteiger charge is 2.36. The molecule has 0 fully saturated rings. The van der Waals surface area contributed by atoms with Gasteiger partial charge in [0.15, 0.2) is 0 Å². The number of rotatable bonds is 8. The molecule has 0 amide bonds. The SMILES string of the molecule is C=C/C=C(\C=C/CC(O)c1c(C(C)C)nc2c(c1CC)C(O)CC(C)(C)C2)OC(C)(C)C.CC.CC. The van der Waals surface area contributed by atoms with Crippen molar-refractivity contribution in [3.63, 3.8) is 0 Å². The number of aliphatic hydroxyl groups is 2. The fraction of sp³-hybridized carbons (Fsp3) is 0.656. The van der Waals surface area contributed by atoms with E-state index in [2.05, 4.69) is 41.2 Å². The van der Waals surface area contributed by atoms with Crippen LogP contribution in [0.1, 0.15) is 142 Å². The molecule has 2 N–H and O–H groups in total. The van der Waals surface area contributed by atoms with Crippen LogP contribution in [0, 0.1) is 5.41 Å². The zero-order chi connectivity index (χ0) is 28.3. The van der Waals surface area contributed by atoms with Crippen LogP contribution in [0.15, 0.2) is 36.6 Å². The Bertz CT molecular complexity index is 872. The molecule has 1 aliphatic carbocycles. The lowest BCUT2D eigenvalue weighted by Gasteiger charge is -2.37. The molecule has 0 saturated heterocycles. The molecule has 2 atom stereocenters. The number of pyridine rings is 1. The molecule has 0 radical (unpaired) electrons. The number of fused-ring (bicyclic) bond motifs is 1. The molecule has 0 saturated carbocycles. The third-order valence-electron chi connectivity index (χ3n) is 5.80. The quantitative estimate of drug-likeness (QED) is 0.276. The van der Waals surface area contributed by atoms with E-state index < -0.39 is 12.2 Å². The number of aliphatic hydroxyl groups excluding tert-OH is 2. The number of allylic oxidation sites excluding steroid dienone is 3. The summed E-state index contributed by atoms with van der Waals surface area (Å²) in [6.07, 6.45) is 8.87. The average molecular weight is 502 g/mol. The molecular weight excluding hydrogens is 446 g/mol. The lowest BCUT2D eigenvalue weighted by molar-refractivity contribution is 0.0599. The van der Waals surface area contributed by atoms with Crippen molar-refractivity contribution in [2.45, 2.75) is 132 Å². The van der Waals surface area contributed by atoms with Gasteiger partial charge in [-0.1, -0.05) is 81.0 Å². The zero-order valence-electron chi connectivity index (χ0n) is 25.3. The summed E-state index contributed by atoms with van der Waals surface area (Å²) in [6.45, 7) is 28.5. The molecule has 36 heavy (non-hydrogen) atoms. The number of hydrogen-bond acceptors (Lipinski definition) is 4. The molecular formula is C32H55NO3. The third kappa shape index (κ3) is 9.86. The summed E-state index contributed by atoms with van der Waals surface area (Å²) in [6, 6.07) is 0. The van der Waals surface area contributed by atoms with E-state index in [0.29, 0.717) is 18.6 Å². The summed E-state index contributed by atoms with van der Waals surface area (Å²) in [4.78, 5) is 5.02. The molecule has 0 aliphatic heterocycles. The van der Waals surface area contributed by atoms with Crippen LogP contribution in [0.5, 0.6) is 0 Å². The standard InChI is InChI=1S/C28H43NO3.2C2H6/c1-10-13-19(32-27(5,6)7)14-12-15-22(30)25-20(11-2)24-21(29-26(25)18(3)4)16-28(8,9)17-23(24)31;2*1-2/h10,12-14,18,22-23,30-31H,1,11,15-17H2,2-9H3;2*1-2H3/b14-12-,19-13+;;. The van der Waals surface area contributed by atoms with Gasteiger partial charge in [0.2, 0.25) is 0 Å². The van der Waals surface area contributed by atoms with Gasteiger partial charge in [-0.25, -0.2) is 0 Å². The Hall–Kier alpha value is -1.91. The molecule has 4 nitrogen and oxygen atoms in total. The Kier molecular flexibility index (Phi) is 14.6. The topological polar surface area (TPSA) is 62.6 Å². The van der Waals surface area contributed by atoms with Gasteiger partial charge < -0.3 is 14.9 Å². The Morgan fingerprint density at radius 3 is 2.25 bits per heavy atom. The highest BCUT2D eigenvalue weighted by molar-refractivity contribution is 5.46. The van der Waals surface area contributed by atoms with Gasteiger partial charge in [-0.3, -0.25) is 4.98 Å². The summed E-state index contributed by atoms with van der Waals surface area (Å²) in [5.74, 6) is 0.891. The van der Waals surface area contributed by atoms with Gasteiger partial charge in [-0.2, -0.15) is 0 Å². The molecule has 0 bridgehead atoms. The van der Waals surface area contributed by atoms with Gasteiger partial charge in [0.05, 0.1) is 12.2 Å². The van der Waals surface area contributed by atoms with E-state index in [0.717, 1.165) is 40.9 Å². The van der Waals surface area contributed by atoms with Gasteiger partial charge in [0.1, 0.15) is 11.4 Å². The normalized spacial score (nSPS) is 18.0. The number of hydrogen-bond donors (Lipinski definition) is 2. The van der Waals surface area contributed by atoms with Gasteiger partial charge in [0.25, 0.3) is 0 Å². The van der Waals surface area contributed by atoms with Crippen molar-refractivity contribution in [1.82, 2.24) is 4.98 Å². The molecule has 2 rings (SSSR count). The summed E-state index contributed by atoms with van der Waals surface area (Å²) in [5.41, 5.74) is 4.53. The molecule has 4 heteroatoms. The van der Waals surface area contributed by atoms with E-state index in [4.69, 9.17) is 9.72 Å². The first-order valence-corrected chi connectivity index (χ1v) is 13.9. The summed E-state index contributed by atoms with van der Waals surface area (Å²) in [5, 5.41) is 22.3. The fourth-order valence-electron chi connectivity index (χ4n) is 4.64. The van der Waals surface area contributed by atoms with Crippen LogP contribution in [-0.2, 0) is 17.6 Å². The maximum atomic E-state index is 11.3. The van der Waals surface area contributed by atoms with E-state index in [1.54, 1.807) is 6.08 Å². The third-order valence-corrected chi connectivity index (χ3v) is 5.80. The fourth-order valence-corrected chi connectivity index (χ4v) is 4.64. The lowest BCUT2D eigenvalue weighted by Crippen LogP contribution is -2.29. The highest BCUT2D eigenvalue weighted by Crippen LogP contribution is 2.44. The number of ether oxygens (including phenoxy) is 1. The van der Waals surface area contributed by atoms with Gasteiger partial charge >= 0.3 is 0 Å². The summed E-state index contributed by atoms with van der Waals surface area (Å²) >= 11 is 0. The number of nitrogens with zero attached hydrogens (tertiary/aromatic N) is 1. The van der Waals surface area contributed by atoms with Crippen molar-refractivity contribution < 1.29 is 14.9 Å². The second-order valence-electron chi connectivity index (χ2n) is 11.0. The largest absolute Gasteiger partial charge is 0.488 e. The zero-order valence-corrected chi connectivity index (χ0v) is 25.3. The second kappa shape index (κ2) is 15.4. The van der Waals surface area contributed by atoms with Crippen molar-refractivity contribution in [3.8, 4) is 0 Å². The highest BCUT2D eigenvalue weighted by atomic mass is 16.5. The Labute approximate surface area is 222 Å². The molecule has 1 heterocycles. The first kappa shape index (κ1) is 34.1. The predicted octanol–water partition coefficient (Wildman–Crippen LogP) is 8.69. The Morgan fingerprint density at radius 2 is 1.78 bits per heavy atom. The molecule has 1 aromatic rings. The first-order valence-electron chi connectivity index (χ1n) is 13.9. The molecule has 206 valence electrons. The monoisotopic (exact) mass is 501 g/mol. The maximum Gasteiger partial charge on any atom is 0.119 e. The van der Waals surface area contributed by atoms with Gasteiger partial charge in [0, 0.05) is 22.5 Å². The van der Waals surface area contributed by atoms with Crippen LogP contribution < -0.4 is 0 Å². The van der Waals surface area contributed by atoms with Crippen molar-refractivity contribution >= 4 is 0 Å². The second-order valence-corrected chi connectivity index (χ2v) is 11.0. The van der Waals surface area contributed by atoms with Crippen molar-refractivity contribution in [1.29, 1.82) is 0 Å². The van der Waals surface area contributed by atoms with Gasteiger partial charge in [-0.15, -0.1) is 0 Å². The molecule has 2 unspecified atom stereocenters. The lowest BCUT2D eigenvalue weighted by atomic mass is 9.72. The van der Waals surface area contributed by atoms with Crippen LogP contribution in [0.2, 0.25) is 0 Å². The maximum absolute atomic E-state index is 11.3. The predicted molar refractivity (Wildman–Crippen MR) is 155 cm³/mol. The molecule has 1 aliphatic rings. The van der Waals surface area contributed by atoms with E-state index in [-0.39, 0.29) is 16.9 Å². The smallest absolute Gasteiger partial charge is 0.119 e. The van der Waals surface area contributed by atoms with E-state index >= 15 is 0 Å². The molecule has 0 spiro atoms. The van der Waals surface area contributed by atoms with Crippen LogP contribution in [0.3, 0.4) is 0 Å². The van der Waals surface area contributed by atoms with Crippen molar-refractivity contribution in [3.05, 3.63) is 64.7 Å². The minimum Gasteiger partial charge on any atom is -0.488 e. The minimum atomic E-state index is -0.696. The van der Waals surface area contributed by atoms with Crippen molar-refractivity contribution in [2.24, 2.45) is 5.41 Å². The van der Waals surface area contributed by atoms with Crippen LogP contribution >= 0.6 is 0 Å². The minimum absolute atomic E-state index is 0.0164. The average Bonchev–Trinajstić information content (AvgIpc) is 2.78. The summed E-state index contributed by atoms with van der Waals surface area (Å²) < 4.78 is 5.96. The van der Waals surface area contributed by atoms with E-state index in [9.17, 15) is 10.2 Å². The Balaban J connectivity index is 0.00000291. The van der Waals surface area contributed by atoms with Gasteiger partial charge in [-0.05, 0) is 75.5 Å². The first-order chi connectivity index (χ1) is 16.8. The van der Waals surface area contributed by atoms with Crippen LogP contribution in [0.4, 0.5) is 0 Å². The van der Waals surface area contributed by atoms with Crippen molar-refractivity contribution in [2.75, 3.05) is 0 Å². The molecule has 0 aromatic carbocycles.